The molecule has 0 saturated carbocycles. The summed E-state index contributed by atoms with van der Waals surface area (Å²) in [4.78, 5) is 34.0. The summed E-state index contributed by atoms with van der Waals surface area (Å²) in [5.74, 6) is 0.691. The Hall–Kier alpha value is -3.92. The number of thiophene rings is 1. The van der Waals surface area contributed by atoms with Crippen molar-refractivity contribution in [3.8, 4) is 16.9 Å². The number of amides is 3. The number of fused-ring (bicyclic) bond motifs is 3. The fourth-order valence-corrected chi connectivity index (χ4v) is 4.40. The number of carbonyl (C=O) groups excluding carboxylic acids is 2. The molecule has 0 unspecified atom stereocenters. The van der Waals surface area contributed by atoms with Crippen LogP contribution in [0.2, 0.25) is 0 Å². The number of ether oxygens (including phenoxy) is 1. The predicted octanol–water partition coefficient (Wildman–Crippen LogP) is 3.70. The quantitative estimate of drug-likeness (QED) is 0.400. The minimum atomic E-state index is -0.354. The standard InChI is InChI=1S/C23H24N6O3S/c1-4-25-23(31)28-16-9-13(6-8-17(16)32-11-19(30)29(2)3)14-5-7-15-18(10-14)33-21-20(15)26-12-27-22(21)24/h5-10,12H,4,11H2,1-3H3,(H2,24,26,27)(H2,25,28,31). The second kappa shape index (κ2) is 9.29. The number of nitrogens with zero attached hydrogens (tertiary/aromatic N) is 3. The summed E-state index contributed by atoms with van der Waals surface area (Å²) in [5, 5.41) is 6.52. The van der Waals surface area contributed by atoms with Crippen LogP contribution in [0.3, 0.4) is 0 Å². The van der Waals surface area contributed by atoms with Gasteiger partial charge in [-0.15, -0.1) is 11.3 Å². The molecule has 4 rings (SSSR count). The zero-order chi connectivity index (χ0) is 23.5. The molecule has 4 N–H and O–H groups in total. The Labute approximate surface area is 194 Å². The van der Waals surface area contributed by atoms with Gasteiger partial charge in [0.2, 0.25) is 0 Å². The molecule has 33 heavy (non-hydrogen) atoms. The number of anilines is 2. The molecule has 0 fully saturated rings. The number of hydrogen-bond acceptors (Lipinski definition) is 7. The van der Waals surface area contributed by atoms with Crippen molar-refractivity contribution >= 4 is 55.1 Å². The number of nitrogens with one attached hydrogen (secondary N) is 2. The van der Waals surface area contributed by atoms with Crippen molar-refractivity contribution < 1.29 is 14.3 Å². The van der Waals surface area contributed by atoms with Gasteiger partial charge in [0, 0.05) is 30.7 Å². The number of benzene rings is 2. The van der Waals surface area contributed by atoms with Crippen LogP contribution in [0.1, 0.15) is 6.92 Å². The fourth-order valence-electron chi connectivity index (χ4n) is 3.30. The van der Waals surface area contributed by atoms with E-state index in [1.807, 2.05) is 31.2 Å². The van der Waals surface area contributed by atoms with Gasteiger partial charge in [-0.2, -0.15) is 0 Å². The Balaban J connectivity index is 1.71. The lowest BCUT2D eigenvalue weighted by molar-refractivity contribution is -0.130. The van der Waals surface area contributed by atoms with E-state index in [4.69, 9.17) is 10.5 Å². The highest BCUT2D eigenvalue weighted by molar-refractivity contribution is 7.26. The van der Waals surface area contributed by atoms with Crippen LogP contribution in [-0.2, 0) is 4.79 Å². The number of nitrogens with two attached hydrogens (primary N) is 1. The highest BCUT2D eigenvalue weighted by Crippen LogP contribution is 2.38. The van der Waals surface area contributed by atoms with E-state index in [0.717, 1.165) is 31.4 Å². The van der Waals surface area contributed by atoms with Crippen LogP contribution in [-0.4, -0.2) is 54.1 Å². The van der Waals surface area contributed by atoms with E-state index < -0.39 is 0 Å². The van der Waals surface area contributed by atoms with E-state index in [2.05, 4.69) is 26.7 Å². The molecule has 2 heterocycles. The summed E-state index contributed by atoms with van der Waals surface area (Å²) in [5.41, 5.74) is 9.16. The smallest absolute Gasteiger partial charge is 0.319 e. The lowest BCUT2D eigenvalue weighted by Crippen LogP contribution is -2.29. The van der Waals surface area contributed by atoms with Gasteiger partial charge in [-0.3, -0.25) is 4.79 Å². The second-order valence-electron chi connectivity index (χ2n) is 7.52. The van der Waals surface area contributed by atoms with Gasteiger partial charge < -0.3 is 26.0 Å². The maximum Gasteiger partial charge on any atom is 0.319 e. The summed E-state index contributed by atoms with van der Waals surface area (Å²) in [6.45, 7) is 2.18. The number of carbonyl (C=O) groups is 2. The maximum atomic E-state index is 12.2. The molecule has 9 nitrogen and oxygen atoms in total. The van der Waals surface area contributed by atoms with Crippen LogP contribution in [0.4, 0.5) is 16.3 Å². The normalized spacial score (nSPS) is 10.9. The van der Waals surface area contributed by atoms with E-state index >= 15 is 0 Å². The summed E-state index contributed by atoms with van der Waals surface area (Å²) in [7, 11) is 3.32. The summed E-state index contributed by atoms with van der Waals surface area (Å²) >= 11 is 1.54. The maximum absolute atomic E-state index is 12.2. The summed E-state index contributed by atoms with van der Waals surface area (Å²) in [6, 6.07) is 11.2. The Kier molecular flexibility index (Phi) is 6.27. The van der Waals surface area contributed by atoms with Crippen LogP contribution < -0.4 is 21.1 Å². The number of nitrogen functional groups attached to an aromatic ring is 1. The van der Waals surface area contributed by atoms with Crippen molar-refractivity contribution in [3.63, 3.8) is 0 Å². The Morgan fingerprint density at radius 3 is 2.64 bits per heavy atom. The lowest BCUT2D eigenvalue weighted by atomic mass is 10.0. The number of urea groups is 1. The molecule has 0 radical (unpaired) electrons. The summed E-state index contributed by atoms with van der Waals surface area (Å²) < 4.78 is 7.58. The van der Waals surface area contributed by atoms with Crippen LogP contribution in [0.25, 0.3) is 31.4 Å². The third-order valence-corrected chi connectivity index (χ3v) is 6.19. The van der Waals surface area contributed by atoms with E-state index in [1.54, 1.807) is 20.2 Å². The first-order chi connectivity index (χ1) is 15.9. The third kappa shape index (κ3) is 4.65. The molecule has 10 heteroatoms. The molecule has 0 aliphatic rings. The van der Waals surface area contributed by atoms with Gasteiger partial charge in [0.1, 0.15) is 17.9 Å². The van der Waals surface area contributed by atoms with Crippen molar-refractivity contribution in [2.75, 3.05) is 38.3 Å². The molecule has 2 aromatic carbocycles. The molecule has 0 aliphatic carbocycles. The molecule has 4 aromatic rings. The minimum Gasteiger partial charge on any atom is -0.482 e. The molecule has 0 atom stereocenters. The average Bonchev–Trinajstić information content (AvgIpc) is 3.17. The Bertz CT molecular complexity index is 1350. The zero-order valence-corrected chi connectivity index (χ0v) is 19.3. The van der Waals surface area contributed by atoms with E-state index in [1.165, 1.54) is 22.6 Å². The van der Waals surface area contributed by atoms with E-state index in [0.29, 0.717) is 23.8 Å². The number of aromatic nitrogens is 2. The van der Waals surface area contributed by atoms with Gasteiger partial charge in [-0.05, 0) is 36.2 Å². The number of likely N-dealkylation sites (N-methyl/N-ethyl adjacent to an activating group) is 1. The zero-order valence-electron chi connectivity index (χ0n) is 18.5. The van der Waals surface area contributed by atoms with E-state index in [9.17, 15) is 9.59 Å². The van der Waals surface area contributed by atoms with Crippen LogP contribution in [0, 0.1) is 0 Å². The summed E-state index contributed by atoms with van der Waals surface area (Å²) in [6.07, 6.45) is 1.47. The number of rotatable bonds is 6. The van der Waals surface area contributed by atoms with Gasteiger partial charge >= 0.3 is 6.03 Å². The van der Waals surface area contributed by atoms with Crippen LogP contribution >= 0.6 is 11.3 Å². The fraction of sp³-hybridized carbons (Fsp3) is 0.217. The highest BCUT2D eigenvalue weighted by Gasteiger charge is 2.14. The molecule has 3 amide bonds. The molecule has 170 valence electrons. The first-order valence-electron chi connectivity index (χ1n) is 10.3. The van der Waals surface area contributed by atoms with Gasteiger partial charge in [-0.25, -0.2) is 14.8 Å². The van der Waals surface area contributed by atoms with Crippen molar-refractivity contribution in [2.24, 2.45) is 0 Å². The first-order valence-corrected chi connectivity index (χ1v) is 11.1. The van der Waals surface area contributed by atoms with Gasteiger partial charge in [-0.1, -0.05) is 18.2 Å². The average molecular weight is 465 g/mol. The van der Waals surface area contributed by atoms with Crippen molar-refractivity contribution in [3.05, 3.63) is 42.7 Å². The van der Waals surface area contributed by atoms with Gasteiger partial charge in [0.25, 0.3) is 5.91 Å². The lowest BCUT2D eigenvalue weighted by Gasteiger charge is -2.16. The monoisotopic (exact) mass is 464 g/mol. The largest absolute Gasteiger partial charge is 0.482 e. The van der Waals surface area contributed by atoms with Crippen molar-refractivity contribution in [1.29, 1.82) is 0 Å². The van der Waals surface area contributed by atoms with Crippen LogP contribution in [0.15, 0.2) is 42.7 Å². The molecular weight excluding hydrogens is 440 g/mol. The SMILES string of the molecule is CCNC(=O)Nc1cc(-c2ccc3c(c2)sc2c(N)ncnc23)ccc1OCC(=O)N(C)C. The first kappa shape index (κ1) is 22.3. The Morgan fingerprint density at radius 1 is 1.12 bits per heavy atom. The highest BCUT2D eigenvalue weighted by atomic mass is 32.1. The molecule has 0 aliphatic heterocycles. The molecule has 0 bridgehead atoms. The third-order valence-electron chi connectivity index (χ3n) is 5.03. The molecule has 2 aromatic heterocycles. The second-order valence-corrected chi connectivity index (χ2v) is 8.57. The number of hydrogen-bond donors (Lipinski definition) is 3. The molecule has 0 spiro atoms. The predicted molar refractivity (Wildman–Crippen MR) is 132 cm³/mol. The van der Waals surface area contributed by atoms with Crippen molar-refractivity contribution in [2.45, 2.75) is 6.92 Å². The van der Waals surface area contributed by atoms with Gasteiger partial charge in [0.15, 0.2) is 6.61 Å². The Morgan fingerprint density at radius 2 is 1.88 bits per heavy atom. The van der Waals surface area contributed by atoms with Crippen molar-refractivity contribution in [1.82, 2.24) is 20.2 Å². The molecule has 0 saturated heterocycles. The minimum absolute atomic E-state index is 0.132. The molecular formula is C23H24N6O3S. The van der Waals surface area contributed by atoms with E-state index in [-0.39, 0.29) is 18.5 Å². The van der Waals surface area contributed by atoms with Gasteiger partial charge in [0.05, 0.1) is 15.9 Å². The van der Waals surface area contributed by atoms with Crippen LogP contribution in [0.5, 0.6) is 5.75 Å². The topological polar surface area (TPSA) is 122 Å².